The number of hydrogen-bond donors (Lipinski definition) is 1. The fraction of sp³-hybridized carbons (Fsp3) is 0.500. The second-order valence-corrected chi connectivity index (χ2v) is 1.56. The molecule has 1 atom stereocenters. The van der Waals surface area contributed by atoms with Gasteiger partial charge < -0.3 is 9.57 Å². The van der Waals surface area contributed by atoms with Crippen LogP contribution in [0.1, 0.15) is 0 Å². The summed E-state index contributed by atoms with van der Waals surface area (Å²) in [5, 5.41) is 0. The van der Waals surface area contributed by atoms with E-state index in [0.29, 0.717) is 0 Å². The molecule has 0 fully saturated rings. The molecule has 1 unspecified atom stereocenters. The molecule has 0 aromatic rings. The van der Waals surface area contributed by atoms with Crippen LogP contribution in [0.4, 0.5) is 0 Å². The maximum atomic E-state index is 10.7. The zero-order valence-electron chi connectivity index (χ0n) is 6.09. The second-order valence-electron chi connectivity index (χ2n) is 1.56. The predicted octanol–water partition coefficient (Wildman–Crippen LogP) is -0.135. The third-order valence-corrected chi connectivity index (χ3v) is 0.936. The van der Waals surface area contributed by atoms with E-state index in [-0.39, 0.29) is 0 Å². The van der Waals surface area contributed by atoms with Crippen molar-refractivity contribution >= 4 is 5.97 Å². The van der Waals surface area contributed by atoms with Gasteiger partial charge in [0, 0.05) is 0 Å². The van der Waals surface area contributed by atoms with Crippen LogP contribution in [0, 0.1) is 0 Å². The molecule has 10 heavy (non-hydrogen) atoms. The minimum atomic E-state index is -0.588. The Balaban J connectivity index is 3.80. The van der Waals surface area contributed by atoms with Crippen LogP contribution in [-0.4, -0.2) is 26.2 Å². The van der Waals surface area contributed by atoms with Crippen LogP contribution in [0.15, 0.2) is 12.7 Å². The van der Waals surface area contributed by atoms with Gasteiger partial charge in [-0.15, -0.1) is 6.58 Å². The molecule has 0 radical (unpaired) electrons. The van der Waals surface area contributed by atoms with Gasteiger partial charge in [-0.1, -0.05) is 6.08 Å². The lowest BCUT2D eigenvalue weighted by Crippen LogP contribution is -2.34. The van der Waals surface area contributed by atoms with Gasteiger partial charge in [0.25, 0.3) is 0 Å². The Morgan fingerprint density at radius 3 is 2.60 bits per heavy atom. The topological polar surface area (TPSA) is 47.6 Å². The first kappa shape index (κ1) is 9.13. The first-order valence-corrected chi connectivity index (χ1v) is 2.75. The summed E-state index contributed by atoms with van der Waals surface area (Å²) in [5.74, 6) is -0.420. The summed E-state index contributed by atoms with van der Waals surface area (Å²) in [6.45, 7) is 3.41. The van der Waals surface area contributed by atoms with Crippen molar-refractivity contribution in [3.05, 3.63) is 12.7 Å². The second kappa shape index (κ2) is 4.96. The summed E-state index contributed by atoms with van der Waals surface area (Å²) < 4.78 is 4.40. The van der Waals surface area contributed by atoms with E-state index in [9.17, 15) is 4.79 Å². The zero-order chi connectivity index (χ0) is 7.98. The number of nitrogens with one attached hydrogen (secondary N) is 1. The highest BCUT2D eigenvalue weighted by Crippen LogP contribution is 1.87. The number of esters is 1. The molecule has 4 nitrogen and oxygen atoms in total. The van der Waals surface area contributed by atoms with Crippen LogP contribution >= 0.6 is 0 Å². The summed E-state index contributed by atoms with van der Waals surface area (Å²) in [6, 6.07) is -0.588. The number of rotatable bonds is 4. The van der Waals surface area contributed by atoms with Crippen LogP contribution in [0.5, 0.6) is 0 Å². The zero-order valence-corrected chi connectivity index (χ0v) is 6.09. The van der Waals surface area contributed by atoms with Gasteiger partial charge in [0.1, 0.15) is 6.04 Å². The highest BCUT2D eigenvalue weighted by atomic mass is 16.6. The molecule has 58 valence electrons. The lowest BCUT2D eigenvalue weighted by atomic mass is 10.3. The summed E-state index contributed by atoms with van der Waals surface area (Å²) >= 11 is 0. The lowest BCUT2D eigenvalue weighted by Gasteiger charge is -2.08. The fourth-order valence-corrected chi connectivity index (χ4v) is 0.446. The first-order chi connectivity index (χ1) is 4.76. The van der Waals surface area contributed by atoms with Crippen molar-refractivity contribution in [3.63, 3.8) is 0 Å². The number of ether oxygens (including phenoxy) is 1. The molecule has 1 N–H and O–H groups in total. The molecule has 0 heterocycles. The molecule has 0 saturated carbocycles. The molecule has 0 rings (SSSR count). The first-order valence-electron chi connectivity index (χ1n) is 2.75. The fourth-order valence-electron chi connectivity index (χ4n) is 0.446. The van der Waals surface area contributed by atoms with Crippen molar-refractivity contribution in [2.45, 2.75) is 6.04 Å². The SMILES string of the molecule is C=CC(NOC)C(=O)OC. The molecule has 0 aromatic heterocycles. The van der Waals surface area contributed by atoms with E-state index in [0.717, 1.165) is 0 Å². The molecule has 0 aliphatic heterocycles. The van der Waals surface area contributed by atoms with Gasteiger partial charge in [0.05, 0.1) is 14.2 Å². The molecule has 0 bridgehead atoms. The molecule has 0 aliphatic rings. The Labute approximate surface area is 59.8 Å². The van der Waals surface area contributed by atoms with E-state index in [1.54, 1.807) is 0 Å². The van der Waals surface area contributed by atoms with Crippen molar-refractivity contribution in [2.24, 2.45) is 0 Å². The van der Waals surface area contributed by atoms with Gasteiger partial charge in [0.15, 0.2) is 0 Å². The molecule has 0 aromatic carbocycles. The Morgan fingerprint density at radius 2 is 2.30 bits per heavy atom. The lowest BCUT2D eigenvalue weighted by molar-refractivity contribution is -0.144. The number of hydroxylamine groups is 1. The van der Waals surface area contributed by atoms with E-state index in [1.165, 1.54) is 20.3 Å². The monoisotopic (exact) mass is 145 g/mol. The van der Waals surface area contributed by atoms with Gasteiger partial charge >= 0.3 is 5.97 Å². The smallest absolute Gasteiger partial charge is 0.329 e. The van der Waals surface area contributed by atoms with E-state index < -0.39 is 12.0 Å². The average Bonchev–Trinajstić information content (AvgIpc) is 1.99. The van der Waals surface area contributed by atoms with E-state index in [4.69, 9.17) is 0 Å². The largest absolute Gasteiger partial charge is 0.468 e. The van der Waals surface area contributed by atoms with Gasteiger partial charge in [-0.25, -0.2) is 4.79 Å². The summed E-state index contributed by atoms with van der Waals surface area (Å²) in [4.78, 5) is 15.2. The normalized spacial score (nSPS) is 12.2. The van der Waals surface area contributed by atoms with Crippen LogP contribution in [0.25, 0.3) is 0 Å². The molecular weight excluding hydrogens is 134 g/mol. The molecule has 0 saturated heterocycles. The molecular formula is C6H11NO3. The number of carbonyl (C=O) groups is 1. The molecule has 0 spiro atoms. The van der Waals surface area contributed by atoms with Crippen molar-refractivity contribution in [3.8, 4) is 0 Å². The maximum Gasteiger partial charge on any atom is 0.329 e. The van der Waals surface area contributed by atoms with Gasteiger partial charge in [0.2, 0.25) is 0 Å². The highest BCUT2D eigenvalue weighted by molar-refractivity contribution is 5.77. The third kappa shape index (κ3) is 2.61. The number of methoxy groups -OCH3 is 1. The summed E-state index contributed by atoms with van der Waals surface area (Å²) in [5.41, 5.74) is 2.39. The van der Waals surface area contributed by atoms with Crippen LogP contribution in [0.2, 0.25) is 0 Å². The van der Waals surface area contributed by atoms with Crippen molar-refractivity contribution in [2.75, 3.05) is 14.2 Å². The third-order valence-electron chi connectivity index (χ3n) is 0.936. The van der Waals surface area contributed by atoms with Crippen molar-refractivity contribution in [1.29, 1.82) is 0 Å². The van der Waals surface area contributed by atoms with Crippen LogP contribution in [-0.2, 0) is 14.4 Å². The predicted molar refractivity (Wildman–Crippen MR) is 36.1 cm³/mol. The Morgan fingerprint density at radius 1 is 1.70 bits per heavy atom. The highest BCUT2D eigenvalue weighted by Gasteiger charge is 2.13. The number of carbonyl (C=O) groups excluding carboxylic acids is 1. The summed E-state index contributed by atoms with van der Waals surface area (Å²) in [6.07, 6.45) is 1.40. The van der Waals surface area contributed by atoms with E-state index >= 15 is 0 Å². The maximum absolute atomic E-state index is 10.7. The van der Waals surface area contributed by atoms with E-state index in [1.807, 2.05) is 0 Å². The minimum Gasteiger partial charge on any atom is -0.468 e. The van der Waals surface area contributed by atoms with Gasteiger partial charge in [-0.05, 0) is 0 Å². The van der Waals surface area contributed by atoms with Gasteiger partial charge in [-0.3, -0.25) is 0 Å². The Hall–Kier alpha value is -0.870. The number of hydrogen-bond acceptors (Lipinski definition) is 4. The molecule has 4 heteroatoms. The van der Waals surface area contributed by atoms with E-state index in [2.05, 4.69) is 21.6 Å². The van der Waals surface area contributed by atoms with Crippen LogP contribution < -0.4 is 5.48 Å². The molecule has 0 amide bonds. The Kier molecular flexibility index (Phi) is 4.53. The molecule has 0 aliphatic carbocycles. The van der Waals surface area contributed by atoms with Crippen LogP contribution in [0.3, 0.4) is 0 Å². The minimum absolute atomic E-state index is 0.420. The van der Waals surface area contributed by atoms with Crippen molar-refractivity contribution < 1.29 is 14.4 Å². The average molecular weight is 145 g/mol. The quantitative estimate of drug-likeness (QED) is 0.340. The summed E-state index contributed by atoms with van der Waals surface area (Å²) in [7, 11) is 2.72. The standard InChI is InChI=1S/C6H11NO3/c1-4-5(7-10-3)6(8)9-2/h4-5,7H,1H2,2-3H3. The Bertz CT molecular complexity index is 124. The van der Waals surface area contributed by atoms with Crippen molar-refractivity contribution in [1.82, 2.24) is 5.48 Å². The van der Waals surface area contributed by atoms with Gasteiger partial charge in [-0.2, -0.15) is 5.48 Å².